The molecule has 1 aromatic heterocycles. The lowest BCUT2D eigenvalue weighted by molar-refractivity contribution is -0.141. The second kappa shape index (κ2) is 6.64. The molecule has 1 fully saturated rings. The summed E-state index contributed by atoms with van der Waals surface area (Å²) in [6.45, 7) is 2.86. The Morgan fingerprint density at radius 3 is 2.77 bits per heavy atom. The minimum Gasteiger partial charge on any atom is -0.351 e. The number of likely N-dealkylation sites (tertiary alicyclic amines) is 1. The molecule has 1 aromatic rings. The van der Waals surface area contributed by atoms with Crippen LogP contribution in [-0.4, -0.2) is 41.3 Å². The van der Waals surface area contributed by atoms with Crippen molar-refractivity contribution in [3.05, 3.63) is 15.6 Å². The third kappa shape index (κ3) is 3.96. The van der Waals surface area contributed by atoms with Gasteiger partial charge in [-0.25, -0.2) is 4.98 Å². The Labute approximate surface area is 129 Å². The van der Waals surface area contributed by atoms with E-state index in [2.05, 4.69) is 10.3 Å². The lowest BCUT2D eigenvalue weighted by atomic mass is 10.3. The number of nitrogens with one attached hydrogen (secondary N) is 1. The Kier molecular flexibility index (Phi) is 5.05. The second-order valence-electron chi connectivity index (χ2n) is 5.00. The van der Waals surface area contributed by atoms with Gasteiger partial charge < -0.3 is 10.2 Å². The quantitative estimate of drug-likeness (QED) is 0.839. The SMILES string of the molecule is Cc1nc(C(F)(F)F)c(C(=O)NCCCN2CCCC2=O)s1. The maximum absolute atomic E-state index is 12.8. The normalized spacial score (nSPS) is 15.5. The lowest BCUT2D eigenvalue weighted by Gasteiger charge is -2.15. The van der Waals surface area contributed by atoms with Gasteiger partial charge in [0.15, 0.2) is 5.69 Å². The Bertz CT molecular complexity index is 571. The van der Waals surface area contributed by atoms with E-state index in [0.29, 0.717) is 25.9 Å². The van der Waals surface area contributed by atoms with Crippen LogP contribution in [0.2, 0.25) is 0 Å². The van der Waals surface area contributed by atoms with Crippen molar-refractivity contribution < 1.29 is 22.8 Å². The van der Waals surface area contributed by atoms with Crippen LogP contribution in [0.3, 0.4) is 0 Å². The zero-order valence-electron chi connectivity index (χ0n) is 12.0. The summed E-state index contributed by atoms with van der Waals surface area (Å²) in [5.74, 6) is -0.686. The first-order valence-electron chi connectivity index (χ1n) is 6.89. The molecule has 1 N–H and O–H groups in total. The van der Waals surface area contributed by atoms with Gasteiger partial charge in [0.05, 0.1) is 5.01 Å². The summed E-state index contributed by atoms with van der Waals surface area (Å²) in [7, 11) is 0. The molecule has 1 aliphatic heterocycles. The molecule has 1 saturated heterocycles. The highest BCUT2D eigenvalue weighted by Gasteiger charge is 2.39. The number of alkyl halides is 3. The fourth-order valence-electron chi connectivity index (χ4n) is 2.27. The van der Waals surface area contributed by atoms with Gasteiger partial charge in [0.2, 0.25) is 5.91 Å². The van der Waals surface area contributed by atoms with E-state index < -0.39 is 22.7 Å². The summed E-state index contributed by atoms with van der Waals surface area (Å²) in [4.78, 5) is 27.9. The summed E-state index contributed by atoms with van der Waals surface area (Å²) >= 11 is 0.725. The van der Waals surface area contributed by atoms with E-state index in [9.17, 15) is 22.8 Å². The topological polar surface area (TPSA) is 62.3 Å². The third-order valence-electron chi connectivity index (χ3n) is 3.27. The molecule has 0 unspecified atom stereocenters. The maximum atomic E-state index is 12.8. The van der Waals surface area contributed by atoms with Gasteiger partial charge in [-0.05, 0) is 19.8 Å². The number of aromatic nitrogens is 1. The molecule has 0 atom stereocenters. The molecule has 0 spiro atoms. The van der Waals surface area contributed by atoms with Crippen molar-refractivity contribution in [3.8, 4) is 0 Å². The fourth-order valence-corrected chi connectivity index (χ4v) is 3.12. The average molecular weight is 335 g/mol. The minimum absolute atomic E-state index is 0.0868. The number of hydrogen-bond acceptors (Lipinski definition) is 4. The zero-order chi connectivity index (χ0) is 16.3. The highest BCUT2D eigenvalue weighted by atomic mass is 32.1. The highest BCUT2D eigenvalue weighted by Crippen LogP contribution is 2.34. The van der Waals surface area contributed by atoms with Gasteiger partial charge >= 0.3 is 6.18 Å². The number of aryl methyl sites for hydroxylation is 1. The Morgan fingerprint density at radius 1 is 1.45 bits per heavy atom. The van der Waals surface area contributed by atoms with Gasteiger partial charge in [-0.15, -0.1) is 11.3 Å². The maximum Gasteiger partial charge on any atom is 0.435 e. The standard InChI is InChI=1S/C13H16F3N3O2S/c1-8-18-11(13(14,15)16)10(22-8)12(21)17-5-3-7-19-6-2-4-9(19)20/h2-7H2,1H3,(H,17,21). The lowest BCUT2D eigenvalue weighted by Crippen LogP contribution is -2.31. The first kappa shape index (κ1) is 16.7. The number of amides is 2. The van der Waals surface area contributed by atoms with Gasteiger partial charge in [-0.2, -0.15) is 13.2 Å². The monoisotopic (exact) mass is 335 g/mol. The van der Waals surface area contributed by atoms with E-state index in [0.717, 1.165) is 17.8 Å². The largest absolute Gasteiger partial charge is 0.435 e. The van der Waals surface area contributed by atoms with Crippen molar-refractivity contribution >= 4 is 23.2 Å². The summed E-state index contributed by atoms with van der Waals surface area (Å²) in [5, 5.41) is 2.65. The molecular weight excluding hydrogens is 319 g/mol. The van der Waals surface area contributed by atoms with Crippen LogP contribution in [-0.2, 0) is 11.0 Å². The van der Waals surface area contributed by atoms with Gasteiger partial charge in [-0.1, -0.05) is 0 Å². The fraction of sp³-hybridized carbons (Fsp3) is 0.615. The highest BCUT2D eigenvalue weighted by molar-refractivity contribution is 7.13. The van der Waals surface area contributed by atoms with Crippen LogP contribution in [0, 0.1) is 6.92 Å². The molecule has 9 heteroatoms. The van der Waals surface area contributed by atoms with Crippen LogP contribution in [0.1, 0.15) is 39.6 Å². The van der Waals surface area contributed by atoms with Crippen LogP contribution < -0.4 is 5.32 Å². The molecule has 0 aromatic carbocycles. The first-order valence-corrected chi connectivity index (χ1v) is 7.71. The van der Waals surface area contributed by atoms with E-state index in [4.69, 9.17) is 0 Å². The number of halogens is 3. The molecule has 0 aliphatic carbocycles. The summed E-state index contributed by atoms with van der Waals surface area (Å²) in [6, 6.07) is 0. The summed E-state index contributed by atoms with van der Waals surface area (Å²) in [5.41, 5.74) is -1.14. The number of hydrogen-bond donors (Lipinski definition) is 1. The van der Waals surface area contributed by atoms with Crippen molar-refractivity contribution in [2.75, 3.05) is 19.6 Å². The molecule has 0 radical (unpaired) electrons. The molecular formula is C13H16F3N3O2S. The van der Waals surface area contributed by atoms with E-state index in [1.54, 1.807) is 4.90 Å². The molecule has 22 heavy (non-hydrogen) atoms. The van der Waals surface area contributed by atoms with E-state index in [1.165, 1.54) is 6.92 Å². The van der Waals surface area contributed by atoms with Crippen LogP contribution >= 0.6 is 11.3 Å². The van der Waals surface area contributed by atoms with Crippen molar-refractivity contribution in [2.24, 2.45) is 0 Å². The number of nitrogens with zero attached hydrogens (tertiary/aromatic N) is 2. The van der Waals surface area contributed by atoms with E-state index in [1.807, 2.05) is 0 Å². The summed E-state index contributed by atoms with van der Waals surface area (Å²) in [6.07, 6.45) is -2.75. The zero-order valence-corrected chi connectivity index (χ0v) is 12.8. The van der Waals surface area contributed by atoms with Crippen LogP contribution in [0.25, 0.3) is 0 Å². The van der Waals surface area contributed by atoms with E-state index >= 15 is 0 Å². The van der Waals surface area contributed by atoms with Crippen molar-refractivity contribution in [2.45, 2.75) is 32.4 Å². The van der Waals surface area contributed by atoms with Gasteiger partial charge in [0, 0.05) is 26.1 Å². The molecule has 2 heterocycles. The molecule has 122 valence electrons. The molecule has 5 nitrogen and oxygen atoms in total. The Balaban J connectivity index is 1.86. The Hall–Kier alpha value is -1.64. The van der Waals surface area contributed by atoms with Crippen molar-refractivity contribution in [1.82, 2.24) is 15.2 Å². The van der Waals surface area contributed by atoms with Crippen LogP contribution in [0.15, 0.2) is 0 Å². The number of thiazole rings is 1. The van der Waals surface area contributed by atoms with Gasteiger partial charge in [0.1, 0.15) is 4.88 Å². The third-order valence-corrected chi connectivity index (χ3v) is 4.24. The predicted octanol–water partition coefficient (Wildman–Crippen LogP) is 2.21. The molecule has 0 bridgehead atoms. The smallest absolute Gasteiger partial charge is 0.351 e. The van der Waals surface area contributed by atoms with Gasteiger partial charge in [0.25, 0.3) is 5.91 Å². The van der Waals surface area contributed by atoms with Gasteiger partial charge in [-0.3, -0.25) is 9.59 Å². The van der Waals surface area contributed by atoms with Crippen molar-refractivity contribution in [1.29, 1.82) is 0 Å². The van der Waals surface area contributed by atoms with Crippen LogP contribution in [0.5, 0.6) is 0 Å². The number of carbonyl (C=O) groups is 2. The number of rotatable bonds is 5. The van der Waals surface area contributed by atoms with Crippen LogP contribution in [0.4, 0.5) is 13.2 Å². The minimum atomic E-state index is -4.64. The van der Waals surface area contributed by atoms with E-state index in [-0.39, 0.29) is 17.5 Å². The summed E-state index contributed by atoms with van der Waals surface area (Å²) < 4.78 is 38.3. The Morgan fingerprint density at radius 2 is 2.18 bits per heavy atom. The number of carbonyl (C=O) groups excluding carboxylic acids is 2. The second-order valence-corrected chi connectivity index (χ2v) is 6.21. The predicted molar refractivity (Wildman–Crippen MR) is 74.6 cm³/mol. The van der Waals surface area contributed by atoms with Crippen molar-refractivity contribution in [3.63, 3.8) is 0 Å². The first-order chi connectivity index (χ1) is 10.3. The molecule has 2 rings (SSSR count). The molecule has 1 aliphatic rings. The average Bonchev–Trinajstić information content (AvgIpc) is 3.00. The molecule has 2 amide bonds. The molecule has 0 saturated carbocycles.